The molecule has 0 radical (unpaired) electrons. The monoisotopic (exact) mass is 610 g/mol. The van der Waals surface area contributed by atoms with Crippen molar-refractivity contribution in [2.24, 2.45) is 0 Å². The van der Waals surface area contributed by atoms with Crippen molar-refractivity contribution in [3.63, 3.8) is 0 Å². The number of nitrogens with zero attached hydrogens (tertiary/aromatic N) is 2. The number of fused-ring (bicyclic) bond motifs is 3. The van der Waals surface area contributed by atoms with Crippen LogP contribution in [0.1, 0.15) is 54.1 Å². The summed E-state index contributed by atoms with van der Waals surface area (Å²) in [5, 5.41) is 2.58. The van der Waals surface area contributed by atoms with Crippen molar-refractivity contribution in [3.8, 4) is 11.1 Å². The Hall–Kier alpha value is -4.52. The number of carbonyl (C=O) groups is 3. The van der Waals surface area contributed by atoms with Crippen LogP contribution in [0.15, 0.2) is 52.2 Å². The average Bonchev–Trinajstić information content (AvgIpc) is 2.98. The second kappa shape index (κ2) is 13.2. The molecule has 1 amide bonds. The zero-order valence-corrected chi connectivity index (χ0v) is 25.2. The minimum atomic E-state index is -4.04. The lowest BCUT2D eigenvalue weighted by molar-refractivity contribution is -0.146. The standard InChI is InChI=1S/C30H34N4O8S/c1-5-41-26(35)16-15-25(30(38)42-6-2)33-28(36)20-7-11-21(12-8-20)34(4)43(39,40)22-13-9-19-10-14-24-27(23(19)17-22)29(37)32-18(3)31-24/h7-9,11-13,17,25H,5-6,10,14-16H2,1-4H3,(H,33,36)(H,31,32,37)/t25-/m1/s1. The number of aromatic nitrogens is 2. The van der Waals surface area contributed by atoms with E-state index in [9.17, 15) is 27.6 Å². The highest BCUT2D eigenvalue weighted by molar-refractivity contribution is 7.92. The number of sulfonamides is 1. The van der Waals surface area contributed by atoms with Crippen LogP contribution in [-0.2, 0) is 41.9 Å². The van der Waals surface area contributed by atoms with Crippen molar-refractivity contribution in [1.29, 1.82) is 0 Å². The minimum Gasteiger partial charge on any atom is -0.466 e. The van der Waals surface area contributed by atoms with Gasteiger partial charge in [0.05, 0.1) is 35.1 Å². The predicted molar refractivity (Wildman–Crippen MR) is 158 cm³/mol. The van der Waals surface area contributed by atoms with E-state index in [2.05, 4.69) is 15.3 Å². The zero-order valence-electron chi connectivity index (χ0n) is 24.4. The van der Waals surface area contributed by atoms with Gasteiger partial charge in [-0.2, -0.15) is 0 Å². The van der Waals surface area contributed by atoms with Crippen LogP contribution in [0, 0.1) is 6.92 Å². The maximum atomic E-state index is 13.6. The van der Waals surface area contributed by atoms with Crippen LogP contribution in [0.5, 0.6) is 0 Å². The van der Waals surface area contributed by atoms with Crippen LogP contribution >= 0.6 is 0 Å². The van der Waals surface area contributed by atoms with Crippen molar-refractivity contribution in [2.75, 3.05) is 24.6 Å². The highest BCUT2D eigenvalue weighted by Crippen LogP contribution is 2.33. The predicted octanol–water partition coefficient (Wildman–Crippen LogP) is 2.67. The summed E-state index contributed by atoms with van der Waals surface area (Å²) in [5.41, 5.74) is 2.56. The van der Waals surface area contributed by atoms with Gasteiger partial charge in [-0.05, 0) is 87.6 Å². The summed E-state index contributed by atoms with van der Waals surface area (Å²) in [7, 11) is -2.65. The molecule has 2 N–H and O–H groups in total. The van der Waals surface area contributed by atoms with Crippen molar-refractivity contribution < 1.29 is 32.3 Å². The summed E-state index contributed by atoms with van der Waals surface area (Å²) in [6.45, 7) is 5.30. The molecule has 12 nitrogen and oxygen atoms in total. The lowest BCUT2D eigenvalue weighted by Crippen LogP contribution is -2.42. The lowest BCUT2D eigenvalue weighted by Gasteiger charge is -2.23. The SMILES string of the molecule is CCOC(=O)CC[C@@H](NC(=O)c1ccc(N(C)S(=O)(=O)c2ccc3c(c2)-c2c(nc(C)[nH]c2=O)CC3)cc1)C(=O)OCC. The number of aromatic amines is 1. The van der Waals surface area contributed by atoms with Gasteiger partial charge in [0.2, 0.25) is 0 Å². The zero-order chi connectivity index (χ0) is 31.3. The number of H-pyrrole nitrogens is 1. The Kier molecular flexibility index (Phi) is 9.64. The van der Waals surface area contributed by atoms with Crippen LogP contribution in [0.3, 0.4) is 0 Å². The van der Waals surface area contributed by atoms with E-state index in [1.165, 1.54) is 43.4 Å². The molecule has 0 spiro atoms. The van der Waals surface area contributed by atoms with Gasteiger partial charge in [0.15, 0.2) is 0 Å². The van der Waals surface area contributed by atoms with E-state index >= 15 is 0 Å². The molecule has 4 rings (SSSR count). The molecule has 13 heteroatoms. The fourth-order valence-corrected chi connectivity index (χ4v) is 6.09. The van der Waals surface area contributed by atoms with E-state index < -0.39 is 33.9 Å². The number of hydrogen-bond acceptors (Lipinski definition) is 9. The molecule has 43 heavy (non-hydrogen) atoms. The van der Waals surface area contributed by atoms with Crippen LogP contribution in [0.4, 0.5) is 5.69 Å². The molecule has 2 aromatic carbocycles. The Labute approximate surface area is 249 Å². The van der Waals surface area contributed by atoms with E-state index in [0.717, 1.165) is 9.87 Å². The molecule has 1 atom stereocenters. The van der Waals surface area contributed by atoms with Crippen molar-refractivity contribution in [1.82, 2.24) is 15.3 Å². The number of anilines is 1. The van der Waals surface area contributed by atoms with Crippen molar-refractivity contribution in [2.45, 2.75) is 57.4 Å². The molecule has 228 valence electrons. The normalized spacial score (nSPS) is 12.8. The quantitative estimate of drug-likeness (QED) is 0.311. The number of benzene rings is 2. The van der Waals surface area contributed by atoms with E-state index in [1.807, 2.05) is 0 Å². The van der Waals surface area contributed by atoms with Gasteiger partial charge in [-0.3, -0.25) is 18.7 Å². The van der Waals surface area contributed by atoms with Gasteiger partial charge < -0.3 is 19.8 Å². The molecular weight excluding hydrogens is 576 g/mol. The summed E-state index contributed by atoms with van der Waals surface area (Å²) in [6, 6.07) is 9.46. The fraction of sp³-hybridized carbons (Fsp3) is 0.367. The molecule has 1 aliphatic rings. The van der Waals surface area contributed by atoms with Crippen molar-refractivity contribution >= 4 is 33.6 Å². The Balaban J connectivity index is 1.53. The van der Waals surface area contributed by atoms with Crippen molar-refractivity contribution in [3.05, 3.63) is 75.5 Å². The second-order valence-corrected chi connectivity index (χ2v) is 11.9. The molecule has 1 heterocycles. The van der Waals surface area contributed by atoms with Crippen LogP contribution in [0.2, 0.25) is 0 Å². The second-order valence-electron chi connectivity index (χ2n) is 9.93. The first-order chi connectivity index (χ1) is 20.5. The Morgan fingerprint density at radius 1 is 1.05 bits per heavy atom. The molecule has 0 saturated heterocycles. The first-order valence-electron chi connectivity index (χ1n) is 13.9. The largest absolute Gasteiger partial charge is 0.466 e. The smallest absolute Gasteiger partial charge is 0.328 e. The molecule has 0 unspecified atom stereocenters. The van der Waals surface area contributed by atoms with Crippen LogP contribution in [-0.4, -0.2) is 62.5 Å². The third kappa shape index (κ3) is 6.94. The van der Waals surface area contributed by atoms with Gasteiger partial charge in [0.25, 0.3) is 21.5 Å². The number of hydrogen-bond donors (Lipinski definition) is 2. The number of nitrogens with one attached hydrogen (secondary N) is 2. The molecule has 0 fully saturated rings. The van der Waals surface area contributed by atoms with Gasteiger partial charge in [-0.15, -0.1) is 0 Å². The van der Waals surface area contributed by atoms with Gasteiger partial charge in [0.1, 0.15) is 11.9 Å². The fourth-order valence-electron chi connectivity index (χ4n) is 4.87. The van der Waals surface area contributed by atoms with E-state index in [-0.39, 0.29) is 47.8 Å². The first kappa shape index (κ1) is 31.4. The summed E-state index contributed by atoms with van der Waals surface area (Å²) in [6.07, 6.45) is 1.13. The molecule has 3 aromatic rings. The number of aryl methyl sites for hydroxylation is 3. The summed E-state index contributed by atoms with van der Waals surface area (Å²) >= 11 is 0. The highest BCUT2D eigenvalue weighted by Gasteiger charge is 2.28. The van der Waals surface area contributed by atoms with Gasteiger partial charge in [-0.25, -0.2) is 18.2 Å². The molecule has 1 aliphatic carbocycles. The Morgan fingerprint density at radius 2 is 1.74 bits per heavy atom. The molecule has 0 bridgehead atoms. The minimum absolute atomic E-state index is 0.00210. The third-order valence-corrected chi connectivity index (χ3v) is 8.85. The molecule has 1 aromatic heterocycles. The number of esters is 2. The number of rotatable bonds is 11. The topological polar surface area (TPSA) is 165 Å². The third-order valence-electron chi connectivity index (χ3n) is 7.06. The van der Waals surface area contributed by atoms with Crippen LogP contribution in [0.25, 0.3) is 11.1 Å². The Morgan fingerprint density at radius 3 is 2.42 bits per heavy atom. The summed E-state index contributed by atoms with van der Waals surface area (Å²) < 4.78 is 38.2. The van der Waals surface area contributed by atoms with E-state index in [4.69, 9.17) is 9.47 Å². The molecule has 0 aliphatic heterocycles. The van der Waals surface area contributed by atoms with Crippen LogP contribution < -0.4 is 15.2 Å². The molecule has 0 saturated carbocycles. The van der Waals surface area contributed by atoms with Gasteiger partial charge in [0, 0.05) is 19.0 Å². The number of carbonyl (C=O) groups excluding carboxylic acids is 3. The lowest BCUT2D eigenvalue weighted by atomic mass is 9.89. The number of ether oxygens (including phenoxy) is 2. The molecular formula is C30H34N4O8S. The number of amides is 1. The first-order valence-corrected chi connectivity index (χ1v) is 15.4. The average molecular weight is 611 g/mol. The van der Waals surface area contributed by atoms with E-state index in [0.29, 0.717) is 35.5 Å². The maximum absolute atomic E-state index is 13.6. The summed E-state index contributed by atoms with van der Waals surface area (Å²) in [5.74, 6) is -1.27. The van der Waals surface area contributed by atoms with Gasteiger partial charge >= 0.3 is 11.9 Å². The highest BCUT2D eigenvalue weighted by atomic mass is 32.2. The van der Waals surface area contributed by atoms with Gasteiger partial charge in [-0.1, -0.05) is 6.07 Å². The Bertz CT molecular complexity index is 1700. The summed E-state index contributed by atoms with van der Waals surface area (Å²) in [4.78, 5) is 56.9. The van der Waals surface area contributed by atoms with E-state index in [1.54, 1.807) is 26.8 Å². The maximum Gasteiger partial charge on any atom is 0.328 e.